The first-order valence-electron chi connectivity index (χ1n) is 1.91. The molecule has 1 aromatic heterocycles. The lowest BCUT2D eigenvalue weighted by Gasteiger charge is -1.63. The number of H-pyrrole nitrogens is 1. The van der Waals surface area contributed by atoms with Gasteiger partial charge >= 0.3 is 0 Å². The van der Waals surface area contributed by atoms with Crippen molar-refractivity contribution >= 4 is 0 Å². The van der Waals surface area contributed by atoms with Crippen LogP contribution in [0.3, 0.4) is 0 Å². The molecule has 0 atom stereocenters. The van der Waals surface area contributed by atoms with E-state index < -0.39 is 0 Å². The average molecular weight is 240 g/mol. The molecule has 0 aliphatic heterocycles. The van der Waals surface area contributed by atoms with Gasteiger partial charge in [-0.3, -0.25) is 0 Å². The van der Waals surface area contributed by atoms with E-state index in [2.05, 4.69) is 4.98 Å². The highest BCUT2D eigenvalue weighted by Gasteiger charge is 1.65. The van der Waals surface area contributed by atoms with E-state index in [9.17, 15) is 0 Å². The monoisotopic (exact) mass is 238 g/mol. The Morgan fingerprint density at radius 1 is 0.750 bits per heavy atom. The first kappa shape index (κ1) is 11.0. The van der Waals surface area contributed by atoms with Gasteiger partial charge in [-0.25, -0.2) is 4.98 Å². The van der Waals surface area contributed by atoms with Crippen LogP contribution in [0.5, 0.6) is 0 Å². The van der Waals surface area contributed by atoms with Gasteiger partial charge in [0.2, 0.25) is 0 Å². The van der Waals surface area contributed by atoms with E-state index >= 15 is 0 Å². The molecule has 1 aromatic rings. The maximum Gasteiger partial charge on any atom is 0.166 e. The minimum Gasteiger partial charge on any atom is -1.00 e. The molecule has 0 bridgehead atoms. The molecule has 3 heteroatoms. The zero-order valence-corrected chi connectivity index (χ0v) is 7.31. The smallest absolute Gasteiger partial charge is 0.166 e. The maximum absolute atomic E-state index is 2.89. The average Bonchev–Trinajstić information content (AvgIpc) is 1.72. The van der Waals surface area contributed by atoms with Gasteiger partial charge in [-0.2, -0.15) is 0 Å². The molecule has 0 radical (unpaired) electrons. The van der Waals surface area contributed by atoms with Crippen LogP contribution in [0.25, 0.3) is 0 Å². The third kappa shape index (κ3) is 4.27. The maximum atomic E-state index is 2.89. The molecule has 0 spiro atoms. The van der Waals surface area contributed by atoms with E-state index in [1.807, 2.05) is 30.6 Å². The molecule has 0 saturated carbocycles. The van der Waals surface area contributed by atoms with Crippen molar-refractivity contribution < 1.29 is 38.9 Å². The topological polar surface area (TPSA) is 14.1 Å². The Balaban J connectivity index is 0. The van der Waals surface area contributed by atoms with Crippen LogP contribution < -0.4 is 38.9 Å². The molecular formula is C5H6Br2N-. The van der Waals surface area contributed by atoms with E-state index in [0.29, 0.717) is 0 Å². The number of hydrogen-bond acceptors (Lipinski definition) is 0. The second-order valence-electron chi connectivity index (χ2n) is 1.08. The quantitative estimate of drug-likeness (QED) is 0.429. The third-order valence-corrected chi connectivity index (χ3v) is 0.607. The van der Waals surface area contributed by atoms with Crippen molar-refractivity contribution in [3.05, 3.63) is 30.6 Å². The minimum atomic E-state index is 0. The molecule has 0 aliphatic carbocycles. The first-order valence-corrected chi connectivity index (χ1v) is 1.91. The van der Waals surface area contributed by atoms with Crippen LogP contribution in [0, 0.1) is 0 Å². The number of pyridine rings is 1. The Morgan fingerprint density at radius 3 is 1.38 bits per heavy atom. The molecular weight excluding hydrogens is 234 g/mol. The lowest BCUT2D eigenvalue weighted by molar-refractivity contribution is -0.377. The summed E-state index contributed by atoms with van der Waals surface area (Å²) in [5, 5.41) is 0. The van der Waals surface area contributed by atoms with E-state index in [4.69, 9.17) is 0 Å². The summed E-state index contributed by atoms with van der Waals surface area (Å²) in [6, 6.07) is 5.86. The molecule has 46 valence electrons. The number of hydrogen-bond donors (Lipinski definition) is 0. The lowest BCUT2D eigenvalue weighted by atomic mass is 10.5. The predicted octanol–water partition coefficient (Wildman–Crippen LogP) is -5.49. The third-order valence-electron chi connectivity index (χ3n) is 0.607. The molecule has 1 N–H and O–H groups in total. The highest BCUT2D eigenvalue weighted by Crippen LogP contribution is 1.68. The van der Waals surface area contributed by atoms with Crippen molar-refractivity contribution in [2.75, 3.05) is 0 Å². The zero-order valence-electron chi connectivity index (χ0n) is 4.14. The normalized spacial score (nSPS) is 6.00. The van der Waals surface area contributed by atoms with Crippen LogP contribution in [0.4, 0.5) is 0 Å². The van der Waals surface area contributed by atoms with Crippen molar-refractivity contribution in [3.63, 3.8) is 0 Å². The molecule has 0 aromatic carbocycles. The largest absolute Gasteiger partial charge is 1.00 e. The molecule has 0 saturated heterocycles. The van der Waals surface area contributed by atoms with Crippen molar-refractivity contribution in [2.45, 2.75) is 0 Å². The van der Waals surface area contributed by atoms with E-state index in [1.165, 1.54) is 0 Å². The SMILES string of the molecule is [Br-].[Br-].c1cc[nH+]cc1. The Morgan fingerprint density at radius 2 is 1.25 bits per heavy atom. The molecule has 0 fully saturated rings. The van der Waals surface area contributed by atoms with Gasteiger partial charge in [0.15, 0.2) is 12.4 Å². The van der Waals surface area contributed by atoms with Gasteiger partial charge in [0.1, 0.15) is 0 Å². The molecule has 1 rings (SSSR count). The van der Waals surface area contributed by atoms with Gasteiger partial charge < -0.3 is 34.0 Å². The van der Waals surface area contributed by atoms with Crippen LogP contribution in [0.1, 0.15) is 0 Å². The Hall–Kier alpha value is 0.110. The van der Waals surface area contributed by atoms with Crippen molar-refractivity contribution in [3.8, 4) is 0 Å². The predicted molar refractivity (Wildman–Crippen MR) is 23.0 cm³/mol. The molecule has 0 unspecified atom stereocenters. The molecule has 0 amide bonds. The van der Waals surface area contributed by atoms with E-state index in [0.717, 1.165) is 0 Å². The van der Waals surface area contributed by atoms with Gasteiger partial charge in [0.05, 0.1) is 0 Å². The fourth-order valence-electron chi connectivity index (χ4n) is 0.342. The number of aromatic amines is 1. The fourth-order valence-corrected chi connectivity index (χ4v) is 0.342. The van der Waals surface area contributed by atoms with Crippen LogP contribution in [-0.2, 0) is 0 Å². The molecule has 0 aliphatic rings. The number of rotatable bonds is 0. The summed E-state index contributed by atoms with van der Waals surface area (Å²) in [6.07, 6.45) is 3.75. The van der Waals surface area contributed by atoms with Crippen LogP contribution >= 0.6 is 0 Å². The van der Waals surface area contributed by atoms with Crippen molar-refractivity contribution in [1.29, 1.82) is 0 Å². The summed E-state index contributed by atoms with van der Waals surface area (Å²) in [7, 11) is 0. The summed E-state index contributed by atoms with van der Waals surface area (Å²) in [4.78, 5) is 2.89. The van der Waals surface area contributed by atoms with Crippen LogP contribution in [0.15, 0.2) is 30.6 Å². The zero-order chi connectivity index (χ0) is 4.24. The highest BCUT2D eigenvalue weighted by atomic mass is 79.9. The summed E-state index contributed by atoms with van der Waals surface area (Å²) < 4.78 is 0. The summed E-state index contributed by atoms with van der Waals surface area (Å²) in [5.41, 5.74) is 0. The molecule has 1 nitrogen and oxygen atoms in total. The van der Waals surface area contributed by atoms with Crippen LogP contribution in [-0.4, -0.2) is 0 Å². The standard InChI is InChI=1S/C5H5N.2BrH/c1-2-4-6-5-3-1;;/h1-5H;2*1H/p-1. The first-order chi connectivity index (χ1) is 3.00. The lowest BCUT2D eigenvalue weighted by Crippen LogP contribution is -3.00. The summed E-state index contributed by atoms with van der Waals surface area (Å²) >= 11 is 0. The van der Waals surface area contributed by atoms with Gasteiger partial charge in [0, 0.05) is 12.1 Å². The number of nitrogens with one attached hydrogen (secondary N) is 1. The molecule has 8 heavy (non-hydrogen) atoms. The van der Waals surface area contributed by atoms with Gasteiger partial charge in [-0.05, 0) is 0 Å². The van der Waals surface area contributed by atoms with Gasteiger partial charge in [-0.15, -0.1) is 0 Å². The summed E-state index contributed by atoms with van der Waals surface area (Å²) in [5.74, 6) is 0. The fraction of sp³-hybridized carbons (Fsp3) is 0. The van der Waals surface area contributed by atoms with E-state index in [-0.39, 0.29) is 34.0 Å². The summed E-state index contributed by atoms with van der Waals surface area (Å²) in [6.45, 7) is 0. The highest BCUT2D eigenvalue weighted by molar-refractivity contribution is 4.82. The second-order valence-corrected chi connectivity index (χ2v) is 1.08. The number of halogens is 2. The second kappa shape index (κ2) is 7.11. The molecule has 1 heterocycles. The Bertz CT molecular complexity index is 82.4. The Labute approximate surface area is 69.7 Å². The van der Waals surface area contributed by atoms with Gasteiger partial charge in [0.25, 0.3) is 0 Å². The Kier molecular flexibility index (Phi) is 9.76. The van der Waals surface area contributed by atoms with Gasteiger partial charge in [-0.1, -0.05) is 6.07 Å². The van der Waals surface area contributed by atoms with Crippen molar-refractivity contribution in [1.82, 2.24) is 0 Å². The van der Waals surface area contributed by atoms with E-state index in [1.54, 1.807) is 0 Å². The number of aromatic nitrogens is 1. The van der Waals surface area contributed by atoms with Crippen molar-refractivity contribution in [2.24, 2.45) is 0 Å². The van der Waals surface area contributed by atoms with Crippen LogP contribution in [0.2, 0.25) is 0 Å². The minimum absolute atomic E-state index is 0.